The molecule has 1 saturated heterocycles. The number of aryl methyl sites for hydroxylation is 1. The largest absolute Gasteiger partial charge is 0.424 e. The van der Waals surface area contributed by atoms with Gasteiger partial charge in [-0.25, -0.2) is 0 Å². The molecule has 0 bridgehead atoms. The Kier molecular flexibility index (Phi) is 4.27. The van der Waals surface area contributed by atoms with Crippen LogP contribution in [0.2, 0.25) is 0 Å². The number of hydrogen-bond acceptors (Lipinski definition) is 6. The zero-order valence-corrected chi connectivity index (χ0v) is 10.6. The third-order valence-electron chi connectivity index (χ3n) is 3.09. The van der Waals surface area contributed by atoms with Crippen LogP contribution in [0.5, 0.6) is 0 Å². The maximum atomic E-state index is 11.1. The summed E-state index contributed by atoms with van der Waals surface area (Å²) in [5, 5.41) is 11.1. The van der Waals surface area contributed by atoms with Gasteiger partial charge in [-0.05, 0) is 25.9 Å². The average molecular weight is 253 g/mol. The number of rotatable bonds is 5. The van der Waals surface area contributed by atoms with Crippen LogP contribution in [-0.2, 0) is 11.3 Å². The number of nitrogens with zero attached hydrogens (tertiary/aromatic N) is 3. The second kappa shape index (κ2) is 5.92. The van der Waals surface area contributed by atoms with Crippen molar-refractivity contribution in [3.8, 4) is 0 Å². The Labute approximate surface area is 106 Å². The lowest BCUT2D eigenvalue weighted by atomic mass is 10.0. The average Bonchev–Trinajstić information content (AvgIpc) is 2.75. The minimum absolute atomic E-state index is 0.228. The molecule has 0 saturated carbocycles. The van der Waals surface area contributed by atoms with Gasteiger partial charge in [0.2, 0.25) is 17.7 Å². The number of aromatic nitrogens is 2. The van der Waals surface area contributed by atoms with E-state index in [1.807, 2.05) is 4.90 Å². The van der Waals surface area contributed by atoms with E-state index in [1.165, 1.54) is 0 Å². The molecule has 0 spiro atoms. The highest BCUT2D eigenvalue weighted by molar-refractivity contribution is 5.75. The molecule has 7 heteroatoms. The predicted molar refractivity (Wildman–Crippen MR) is 64.5 cm³/mol. The molecule has 1 aromatic rings. The summed E-state index contributed by atoms with van der Waals surface area (Å²) in [6, 6.07) is 0.339. The summed E-state index contributed by atoms with van der Waals surface area (Å²) in [6.45, 7) is 4.38. The lowest BCUT2D eigenvalue weighted by Crippen LogP contribution is -2.46. The van der Waals surface area contributed by atoms with Crippen molar-refractivity contribution in [2.45, 2.75) is 32.4 Å². The molecule has 1 amide bonds. The summed E-state index contributed by atoms with van der Waals surface area (Å²) in [5.41, 5.74) is 5.30. The fourth-order valence-corrected chi connectivity index (χ4v) is 2.26. The van der Waals surface area contributed by atoms with Crippen molar-refractivity contribution < 1.29 is 9.21 Å². The van der Waals surface area contributed by atoms with E-state index in [4.69, 9.17) is 10.2 Å². The van der Waals surface area contributed by atoms with Crippen molar-refractivity contribution in [1.82, 2.24) is 20.4 Å². The molecule has 2 heterocycles. The summed E-state index contributed by atoms with van der Waals surface area (Å²) in [6.07, 6.45) is 2.00. The molecule has 0 atom stereocenters. The highest BCUT2D eigenvalue weighted by atomic mass is 16.4. The number of amides is 1. The first-order valence-corrected chi connectivity index (χ1v) is 6.17. The Morgan fingerprint density at radius 3 is 2.78 bits per heavy atom. The predicted octanol–water partition coefficient (Wildman–Crippen LogP) is -0.583. The third kappa shape index (κ3) is 3.51. The first-order valence-electron chi connectivity index (χ1n) is 6.17. The maximum absolute atomic E-state index is 11.1. The van der Waals surface area contributed by atoms with Crippen LogP contribution >= 0.6 is 0 Å². The maximum Gasteiger partial charge on any atom is 0.231 e. The fourth-order valence-electron chi connectivity index (χ4n) is 2.26. The van der Waals surface area contributed by atoms with Crippen molar-refractivity contribution in [1.29, 1.82) is 0 Å². The smallest absolute Gasteiger partial charge is 0.231 e. The molecule has 1 aromatic heterocycles. The second-order valence-electron chi connectivity index (χ2n) is 4.57. The van der Waals surface area contributed by atoms with Crippen LogP contribution in [0.1, 0.15) is 24.6 Å². The van der Waals surface area contributed by atoms with Gasteiger partial charge in [-0.15, -0.1) is 10.2 Å². The van der Waals surface area contributed by atoms with Gasteiger partial charge in [0.25, 0.3) is 0 Å². The summed E-state index contributed by atoms with van der Waals surface area (Å²) < 4.78 is 5.35. The van der Waals surface area contributed by atoms with Crippen LogP contribution in [0.15, 0.2) is 4.42 Å². The van der Waals surface area contributed by atoms with Crippen molar-refractivity contribution in [2.75, 3.05) is 19.6 Å². The van der Waals surface area contributed by atoms with Gasteiger partial charge >= 0.3 is 0 Å². The Morgan fingerprint density at radius 1 is 1.50 bits per heavy atom. The molecule has 1 fully saturated rings. The Balaban J connectivity index is 2.01. The van der Waals surface area contributed by atoms with E-state index in [-0.39, 0.29) is 12.5 Å². The number of hydrogen-bond donors (Lipinski definition) is 2. The number of carbonyl (C=O) groups excluding carboxylic acids is 1. The zero-order valence-electron chi connectivity index (χ0n) is 10.6. The molecule has 0 unspecified atom stereocenters. The van der Waals surface area contributed by atoms with Gasteiger partial charge < -0.3 is 15.5 Å². The van der Waals surface area contributed by atoms with Gasteiger partial charge in [-0.1, -0.05) is 0 Å². The quantitative estimate of drug-likeness (QED) is 0.728. The van der Waals surface area contributed by atoms with Crippen molar-refractivity contribution in [3.63, 3.8) is 0 Å². The van der Waals surface area contributed by atoms with E-state index < -0.39 is 0 Å². The van der Waals surface area contributed by atoms with E-state index in [0.717, 1.165) is 25.9 Å². The molecular weight excluding hydrogens is 234 g/mol. The van der Waals surface area contributed by atoms with Crippen molar-refractivity contribution in [3.05, 3.63) is 11.8 Å². The summed E-state index contributed by atoms with van der Waals surface area (Å²) in [5.74, 6) is 0.742. The molecule has 2 rings (SSSR count). The highest BCUT2D eigenvalue weighted by Gasteiger charge is 2.23. The first kappa shape index (κ1) is 13.0. The zero-order chi connectivity index (χ0) is 13.0. The van der Waals surface area contributed by atoms with Crippen LogP contribution in [0.25, 0.3) is 0 Å². The minimum Gasteiger partial charge on any atom is -0.424 e. The van der Waals surface area contributed by atoms with E-state index in [1.54, 1.807) is 6.92 Å². The van der Waals surface area contributed by atoms with Gasteiger partial charge in [-0.2, -0.15) is 0 Å². The normalized spacial score (nSPS) is 17.2. The van der Waals surface area contributed by atoms with Crippen LogP contribution in [0.3, 0.4) is 0 Å². The van der Waals surface area contributed by atoms with Crippen LogP contribution in [0, 0.1) is 6.92 Å². The summed E-state index contributed by atoms with van der Waals surface area (Å²) >= 11 is 0. The molecule has 100 valence electrons. The van der Waals surface area contributed by atoms with Gasteiger partial charge in [0.15, 0.2) is 0 Å². The third-order valence-corrected chi connectivity index (χ3v) is 3.09. The van der Waals surface area contributed by atoms with E-state index in [2.05, 4.69) is 15.5 Å². The number of nitrogens with one attached hydrogen (secondary N) is 1. The second-order valence-corrected chi connectivity index (χ2v) is 4.57. The fraction of sp³-hybridized carbons (Fsp3) is 0.727. The number of piperidine rings is 1. The molecule has 3 N–H and O–H groups in total. The number of nitrogens with two attached hydrogens (primary N) is 1. The van der Waals surface area contributed by atoms with Gasteiger partial charge in [0, 0.05) is 13.0 Å². The standard InChI is InChI=1S/C11H19N5O2/c1-8-14-15-11(18-8)7-16(6-10(12)17)9-2-4-13-5-3-9/h9,13H,2-7H2,1H3,(H2,12,17). The minimum atomic E-state index is -0.329. The SMILES string of the molecule is Cc1nnc(CN(CC(N)=O)C2CCNCC2)o1. The van der Waals surface area contributed by atoms with Crippen LogP contribution in [-0.4, -0.2) is 46.7 Å². The molecule has 0 radical (unpaired) electrons. The lowest BCUT2D eigenvalue weighted by Gasteiger charge is -2.32. The Hall–Kier alpha value is -1.47. The van der Waals surface area contributed by atoms with Gasteiger partial charge in [0.1, 0.15) is 0 Å². The van der Waals surface area contributed by atoms with Crippen molar-refractivity contribution >= 4 is 5.91 Å². The van der Waals surface area contributed by atoms with Crippen molar-refractivity contribution in [2.24, 2.45) is 5.73 Å². The van der Waals surface area contributed by atoms with Crippen LogP contribution < -0.4 is 11.1 Å². The van der Waals surface area contributed by atoms with E-state index in [0.29, 0.717) is 24.4 Å². The molecule has 1 aliphatic rings. The molecule has 18 heavy (non-hydrogen) atoms. The molecule has 7 nitrogen and oxygen atoms in total. The van der Waals surface area contributed by atoms with E-state index in [9.17, 15) is 4.79 Å². The molecule has 1 aliphatic heterocycles. The van der Waals surface area contributed by atoms with E-state index >= 15 is 0 Å². The number of primary amides is 1. The van der Waals surface area contributed by atoms with Crippen LogP contribution in [0.4, 0.5) is 0 Å². The Bertz CT molecular complexity index is 400. The molecular formula is C11H19N5O2. The lowest BCUT2D eigenvalue weighted by molar-refractivity contribution is -0.120. The van der Waals surface area contributed by atoms with Gasteiger partial charge in [0.05, 0.1) is 13.1 Å². The first-order chi connectivity index (χ1) is 8.65. The number of carbonyl (C=O) groups is 1. The molecule has 0 aromatic carbocycles. The van der Waals surface area contributed by atoms with Gasteiger partial charge in [-0.3, -0.25) is 9.69 Å². The summed E-state index contributed by atoms with van der Waals surface area (Å²) in [4.78, 5) is 13.2. The Morgan fingerprint density at radius 2 is 2.22 bits per heavy atom. The molecule has 0 aliphatic carbocycles. The topological polar surface area (TPSA) is 97.3 Å². The monoisotopic (exact) mass is 253 g/mol. The highest BCUT2D eigenvalue weighted by Crippen LogP contribution is 2.14. The summed E-state index contributed by atoms with van der Waals surface area (Å²) in [7, 11) is 0.